The monoisotopic (exact) mass is 409 g/mol. The zero-order valence-corrected chi connectivity index (χ0v) is 16.7. The van der Waals surface area contributed by atoms with Crippen LogP contribution in [0.3, 0.4) is 0 Å². The molecule has 0 spiro atoms. The highest BCUT2D eigenvalue weighted by Crippen LogP contribution is 2.28. The fourth-order valence-corrected chi connectivity index (χ4v) is 3.80. The molecule has 27 heavy (non-hydrogen) atoms. The summed E-state index contributed by atoms with van der Waals surface area (Å²) in [5.74, 6) is 2.81. The van der Waals surface area contributed by atoms with Crippen LogP contribution in [-0.2, 0) is 0 Å². The van der Waals surface area contributed by atoms with E-state index in [1.165, 1.54) is 0 Å². The number of nitrogens with zero attached hydrogens (tertiary/aromatic N) is 2. The first-order valence-electron chi connectivity index (χ1n) is 8.98. The summed E-state index contributed by atoms with van der Waals surface area (Å²) in [5.41, 5.74) is 0.457. The number of amides is 1. The van der Waals surface area contributed by atoms with Gasteiger partial charge in [-0.3, -0.25) is 9.78 Å². The third-order valence-corrected chi connectivity index (χ3v) is 5.24. The van der Waals surface area contributed by atoms with Crippen LogP contribution in [0.1, 0.15) is 23.3 Å². The third-order valence-electron chi connectivity index (χ3n) is 5.24. The first-order valence-corrected chi connectivity index (χ1v) is 8.98. The van der Waals surface area contributed by atoms with E-state index < -0.39 is 0 Å². The lowest BCUT2D eigenvalue weighted by Gasteiger charge is -2.20. The highest BCUT2D eigenvalue weighted by molar-refractivity contribution is 5.92. The number of nitrogens with one attached hydrogen (secondary N) is 1. The second kappa shape index (κ2) is 9.93. The van der Waals surface area contributed by atoms with Crippen LogP contribution in [-0.4, -0.2) is 42.0 Å². The van der Waals surface area contributed by atoms with Crippen molar-refractivity contribution in [2.45, 2.75) is 12.8 Å². The van der Waals surface area contributed by atoms with E-state index >= 15 is 0 Å². The molecule has 0 aliphatic carbocycles. The summed E-state index contributed by atoms with van der Waals surface area (Å²) in [5, 5.41) is 3.47. The molecule has 2 saturated heterocycles. The van der Waals surface area contributed by atoms with Gasteiger partial charge in [-0.1, -0.05) is 18.2 Å². The predicted octanol–water partition coefficient (Wildman–Crippen LogP) is 3.79. The second-order valence-corrected chi connectivity index (χ2v) is 6.84. The van der Waals surface area contributed by atoms with Crippen molar-refractivity contribution < 1.29 is 9.53 Å². The molecule has 3 heterocycles. The maximum atomic E-state index is 12.9. The van der Waals surface area contributed by atoms with E-state index in [4.69, 9.17) is 4.74 Å². The Morgan fingerprint density at radius 3 is 2.33 bits per heavy atom. The average Bonchev–Trinajstić information content (AvgIpc) is 3.01. The van der Waals surface area contributed by atoms with Crippen molar-refractivity contribution >= 4 is 30.7 Å². The Hall–Kier alpha value is -1.82. The summed E-state index contributed by atoms with van der Waals surface area (Å²) >= 11 is 0. The Labute approximate surface area is 172 Å². The van der Waals surface area contributed by atoms with E-state index in [0.717, 1.165) is 44.8 Å². The smallest absolute Gasteiger partial charge is 0.272 e. The normalized spacial score (nSPS) is 21.3. The number of pyridine rings is 1. The summed E-state index contributed by atoms with van der Waals surface area (Å²) in [6.07, 6.45) is 3.79. The third kappa shape index (κ3) is 5.12. The van der Waals surface area contributed by atoms with Crippen LogP contribution in [0.2, 0.25) is 0 Å². The maximum Gasteiger partial charge on any atom is 0.272 e. The molecule has 2 aromatic rings. The van der Waals surface area contributed by atoms with Crippen molar-refractivity contribution in [1.82, 2.24) is 15.2 Å². The van der Waals surface area contributed by atoms with Gasteiger partial charge in [0, 0.05) is 25.4 Å². The fraction of sp³-hybridized carbons (Fsp3) is 0.400. The van der Waals surface area contributed by atoms with Crippen LogP contribution < -0.4 is 10.1 Å². The van der Waals surface area contributed by atoms with Gasteiger partial charge in [-0.2, -0.15) is 0 Å². The number of carbonyl (C=O) groups is 1. The molecular weight excluding hydrogens is 385 g/mol. The van der Waals surface area contributed by atoms with E-state index in [9.17, 15) is 4.79 Å². The number of rotatable bonds is 3. The number of halogens is 2. The molecule has 7 heteroatoms. The zero-order chi connectivity index (χ0) is 17.1. The van der Waals surface area contributed by atoms with Crippen LogP contribution >= 0.6 is 24.8 Å². The summed E-state index contributed by atoms with van der Waals surface area (Å²) in [6, 6.07) is 13.1. The Bertz CT molecular complexity index is 731. The SMILES string of the molecule is Cl.Cl.O=C(c1cc(Oc2ccccc2)ccn1)N1CC[C@@H]2CNC[C@@H]2CC1. The zero-order valence-electron chi connectivity index (χ0n) is 15.0. The van der Waals surface area contributed by atoms with E-state index in [0.29, 0.717) is 23.3 Å². The van der Waals surface area contributed by atoms with Gasteiger partial charge in [-0.05, 0) is 56.0 Å². The molecule has 0 radical (unpaired) electrons. The molecule has 1 aromatic heterocycles. The molecular formula is C20H25Cl2N3O2. The quantitative estimate of drug-likeness (QED) is 0.837. The Morgan fingerprint density at radius 2 is 1.67 bits per heavy atom. The average molecular weight is 410 g/mol. The van der Waals surface area contributed by atoms with Crippen LogP contribution in [0.25, 0.3) is 0 Å². The fourth-order valence-electron chi connectivity index (χ4n) is 3.80. The van der Waals surface area contributed by atoms with Crippen molar-refractivity contribution in [3.05, 3.63) is 54.4 Å². The Morgan fingerprint density at radius 1 is 1.00 bits per heavy atom. The highest BCUT2D eigenvalue weighted by Gasteiger charge is 2.31. The predicted molar refractivity (Wildman–Crippen MR) is 110 cm³/mol. The molecule has 1 amide bonds. The maximum absolute atomic E-state index is 12.9. The summed E-state index contributed by atoms with van der Waals surface area (Å²) in [4.78, 5) is 19.1. The molecule has 1 aromatic carbocycles. The molecule has 2 aliphatic heterocycles. The van der Waals surface area contributed by atoms with Gasteiger partial charge in [0.2, 0.25) is 0 Å². The molecule has 2 fully saturated rings. The molecule has 0 unspecified atom stereocenters. The first kappa shape index (κ1) is 21.5. The topological polar surface area (TPSA) is 54.5 Å². The van der Waals surface area contributed by atoms with E-state index in [-0.39, 0.29) is 30.7 Å². The van der Waals surface area contributed by atoms with Gasteiger partial charge in [0.05, 0.1) is 0 Å². The lowest BCUT2D eigenvalue weighted by atomic mass is 9.92. The number of fused-ring (bicyclic) bond motifs is 1. The number of para-hydroxylation sites is 1. The van der Waals surface area contributed by atoms with Gasteiger partial charge in [-0.15, -0.1) is 24.8 Å². The van der Waals surface area contributed by atoms with E-state index in [1.54, 1.807) is 18.3 Å². The van der Waals surface area contributed by atoms with Crippen molar-refractivity contribution in [3.8, 4) is 11.5 Å². The van der Waals surface area contributed by atoms with Gasteiger partial charge >= 0.3 is 0 Å². The minimum Gasteiger partial charge on any atom is -0.457 e. The highest BCUT2D eigenvalue weighted by atomic mass is 35.5. The lowest BCUT2D eigenvalue weighted by Crippen LogP contribution is -2.33. The molecule has 2 aliphatic rings. The Balaban J connectivity index is 0.00000131. The van der Waals surface area contributed by atoms with Crippen molar-refractivity contribution in [2.24, 2.45) is 11.8 Å². The summed E-state index contributed by atoms with van der Waals surface area (Å²) in [6.45, 7) is 3.80. The van der Waals surface area contributed by atoms with E-state index in [2.05, 4.69) is 10.3 Å². The van der Waals surface area contributed by atoms with E-state index in [1.807, 2.05) is 35.2 Å². The first-order chi connectivity index (χ1) is 12.3. The molecule has 5 nitrogen and oxygen atoms in total. The van der Waals surface area contributed by atoms with Gasteiger partial charge in [0.1, 0.15) is 17.2 Å². The van der Waals surface area contributed by atoms with Crippen molar-refractivity contribution in [2.75, 3.05) is 26.2 Å². The number of hydrogen-bond acceptors (Lipinski definition) is 4. The van der Waals surface area contributed by atoms with Crippen LogP contribution in [0.4, 0.5) is 0 Å². The van der Waals surface area contributed by atoms with Crippen LogP contribution in [0.5, 0.6) is 11.5 Å². The molecule has 0 saturated carbocycles. The molecule has 1 N–H and O–H groups in total. The lowest BCUT2D eigenvalue weighted by molar-refractivity contribution is 0.0752. The number of benzene rings is 1. The van der Waals surface area contributed by atoms with Crippen molar-refractivity contribution in [3.63, 3.8) is 0 Å². The van der Waals surface area contributed by atoms with Crippen LogP contribution in [0.15, 0.2) is 48.7 Å². The Kier molecular flexibility index (Phi) is 7.90. The van der Waals surface area contributed by atoms with Gasteiger partial charge in [0.15, 0.2) is 0 Å². The minimum atomic E-state index is 0. The van der Waals surface area contributed by atoms with Gasteiger partial charge in [0.25, 0.3) is 5.91 Å². The molecule has 0 bridgehead atoms. The number of aromatic nitrogens is 1. The number of ether oxygens (including phenoxy) is 1. The molecule has 2 atom stereocenters. The van der Waals surface area contributed by atoms with Crippen LogP contribution in [0, 0.1) is 11.8 Å². The largest absolute Gasteiger partial charge is 0.457 e. The van der Waals surface area contributed by atoms with Gasteiger partial charge < -0.3 is 15.0 Å². The number of likely N-dealkylation sites (tertiary alicyclic amines) is 1. The standard InChI is InChI=1S/C20H23N3O2.2ClH/c24-20(23-10-7-15-13-21-14-16(15)8-11-23)19-12-18(6-9-22-19)25-17-4-2-1-3-5-17;;/h1-6,9,12,15-16,21H,7-8,10-11,13-14H2;2*1H/t15-,16+;;. The second-order valence-electron chi connectivity index (χ2n) is 6.84. The molecule has 146 valence electrons. The number of hydrogen-bond donors (Lipinski definition) is 1. The van der Waals surface area contributed by atoms with Crippen molar-refractivity contribution in [1.29, 1.82) is 0 Å². The summed E-state index contributed by atoms with van der Waals surface area (Å²) < 4.78 is 5.82. The summed E-state index contributed by atoms with van der Waals surface area (Å²) in [7, 11) is 0. The van der Waals surface area contributed by atoms with Gasteiger partial charge in [-0.25, -0.2) is 0 Å². The number of carbonyl (C=O) groups excluding carboxylic acids is 1. The minimum absolute atomic E-state index is 0. The molecule has 4 rings (SSSR count).